The molecule has 1 aliphatic carbocycles. The van der Waals surface area contributed by atoms with E-state index in [4.69, 9.17) is 0 Å². The standard InChI is InChI=1S/C14H21N3S/c1-10(12-5-3-4-6-12)15-9-13-11(2)16-14-17(13)7-8-18-14/h7-8,10,12,15H,3-6,9H2,1-2H3/t10-/m1/s1. The fraction of sp³-hybridized carbons (Fsp3) is 0.643. The van der Waals surface area contributed by atoms with Gasteiger partial charge in [-0.2, -0.15) is 0 Å². The zero-order chi connectivity index (χ0) is 12.5. The summed E-state index contributed by atoms with van der Waals surface area (Å²) < 4.78 is 2.22. The van der Waals surface area contributed by atoms with Gasteiger partial charge in [-0.15, -0.1) is 11.3 Å². The normalized spacial score (nSPS) is 18.8. The van der Waals surface area contributed by atoms with E-state index in [0.29, 0.717) is 6.04 Å². The SMILES string of the molecule is Cc1nc2sccn2c1CN[C@H](C)C1CCCC1. The molecule has 2 aromatic rings. The van der Waals surface area contributed by atoms with Crippen molar-refractivity contribution >= 4 is 16.3 Å². The average molecular weight is 263 g/mol. The highest BCUT2D eigenvalue weighted by atomic mass is 32.1. The molecular weight excluding hydrogens is 242 g/mol. The van der Waals surface area contributed by atoms with Crippen LogP contribution in [-0.2, 0) is 6.54 Å². The summed E-state index contributed by atoms with van der Waals surface area (Å²) in [6.07, 6.45) is 7.74. The Balaban J connectivity index is 1.68. The van der Waals surface area contributed by atoms with Crippen LogP contribution in [0.2, 0.25) is 0 Å². The Hall–Kier alpha value is -0.870. The molecule has 1 atom stereocenters. The van der Waals surface area contributed by atoms with Crippen molar-refractivity contribution in [3.8, 4) is 0 Å². The summed E-state index contributed by atoms with van der Waals surface area (Å²) >= 11 is 1.71. The lowest BCUT2D eigenvalue weighted by Gasteiger charge is -2.20. The van der Waals surface area contributed by atoms with Gasteiger partial charge in [0.1, 0.15) is 0 Å². The molecule has 0 spiro atoms. The molecule has 1 fully saturated rings. The molecule has 0 saturated heterocycles. The van der Waals surface area contributed by atoms with Gasteiger partial charge in [-0.25, -0.2) is 4.98 Å². The Labute approximate surface area is 112 Å². The van der Waals surface area contributed by atoms with Gasteiger partial charge in [-0.3, -0.25) is 4.40 Å². The van der Waals surface area contributed by atoms with E-state index in [1.165, 1.54) is 31.4 Å². The molecule has 1 aliphatic rings. The lowest BCUT2D eigenvalue weighted by molar-refractivity contribution is 0.378. The van der Waals surface area contributed by atoms with Gasteiger partial charge in [0, 0.05) is 24.2 Å². The van der Waals surface area contributed by atoms with E-state index in [2.05, 4.69) is 40.1 Å². The molecule has 3 rings (SSSR count). The Morgan fingerprint density at radius 3 is 3.06 bits per heavy atom. The number of fused-ring (bicyclic) bond motifs is 1. The fourth-order valence-corrected chi connectivity index (χ4v) is 3.81. The minimum Gasteiger partial charge on any atom is -0.308 e. The van der Waals surface area contributed by atoms with E-state index in [0.717, 1.165) is 23.1 Å². The van der Waals surface area contributed by atoms with Crippen molar-refractivity contribution in [1.29, 1.82) is 0 Å². The van der Waals surface area contributed by atoms with Crippen LogP contribution in [0, 0.1) is 12.8 Å². The summed E-state index contributed by atoms with van der Waals surface area (Å²) in [7, 11) is 0. The second-order valence-corrected chi connectivity index (χ2v) is 6.29. The van der Waals surface area contributed by atoms with Crippen LogP contribution >= 0.6 is 11.3 Å². The summed E-state index contributed by atoms with van der Waals surface area (Å²) in [4.78, 5) is 5.70. The smallest absolute Gasteiger partial charge is 0.194 e. The number of thiazole rings is 1. The summed E-state index contributed by atoms with van der Waals surface area (Å²) in [6.45, 7) is 5.37. The lowest BCUT2D eigenvalue weighted by atomic mass is 10.00. The Morgan fingerprint density at radius 1 is 1.50 bits per heavy atom. The average Bonchev–Trinajstić information content (AvgIpc) is 3.02. The summed E-state index contributed by atoms with van der Waals surface area (Å²) in [6, 6.07) is 0.621. The molecule has 2 heterocycles. The zero-order valence-corrected chi connectivity index (χ0v) is 12.0. The van der Waals surface area contributed by atoms with Gasteiger partial charge >= 0.3 is 0 Å². The number of rotatable bonds is 4. The Bertz CT molecular complexity index is 522. The predicted molar refractivity (Wildman–Crippen MR) is 76.1 cm³/mol. The fourth-order valence-electron chi connectivity index (χ4n) is 3.04. The van der Waals surface area contributed by atoms with Crippen LogP contribution in [0.1, 0.15) is 44.0 Å². The van der Waals surface area contributed by atoms with Crippen LogP contribution in [0.25, 0.3) is 4.96 Å². The number of aryl methyl sites for hydroxylation is 1. The Morgan fingerprint density at radius 2 is 2.28 bits per heavy atom. The molecule has 98 valence electrons. The highest BCUT2D eigenvalue weighted by Gasteiger charge is 2.21. The molecule has 0 aliphatic heterocycles. The van der Waals surface area contributed by atoms with Crippen LogP contribution in [0.4, 0.5) is 0 Å². The van der Waals surface area contributed by atoms with Crippen molar-refractivity contribution in [2.75, 3.05) is 0 Å². The molecule has 2 aromatic heterocycles. The van der Waals surface area contributed by atoms with Crippen molar-refractivity contribution in [2.24, 2.45) is 5.92 Å². The van der Waals surface area contributed by atoms with E-state index in [9.17, 15) is 0 Å². The maximum atomic E-state index is 4.59. The largest absolute Gasteiger partial charge is 0.308 e. The first-order valence-electron chi connectivity index (χ1n) is 6.90. The van der Waals surface area contributed by atoms with Crippen LogP contribution in [0.15, 0.2) is 11.6 Å². The van der Waals surface area contributed by atoms with Crippen molar-refractivity contribution < 1.29 is 0 Å². The minimum atomic E-state index is 0.621. The molecule has 1 saturated carbocycles. The molecule has 0 aromatic carbocycles. The van der Waals surface area contributed by atoms with E-state index >= 15 is 0 Å². The van der Waals surface area contributed by atoms with Crippen molar-refractivity contribution in [2.45, 2.75) is 52.1 Å². The van der Waals surface area contributed by atoms with E-state index < -0.39 is 0 Å². The highest BCUT2D eigenvalue weighted by Crippen LogP contribution is 2.27. The first-order chi connectivity index (χ1) is 8.75. The predicted octanol–water partition coefficient (Wildman–Crippen LogP) is 3.37. The number of nitrogens with zero attached hydrogens (tertiary/aromatic N) is 2. The third-order valence-electron chi connectivity index (χ3n) is 4.26. The molecule has 18 heavy (non-hydrogen) atoms. The van der Waals surface area contributed by atoms with Crippen molar-refractivity contribution in [3.05, 3.63) is 23.0 Å². The monoisotopic (exact) mass is 263 g/mol. The molecule has 3 nitrogen and oxygen atoms in total. The van der Waals surface area contributed by atoms with Gasteiger partial charge < -0.3 is 5.32 Å². The van der Waals surface area contributed by atoms with Crippen LogP contribution in [0.3, 0.4) is 0 Å². The molecular formula is C14H21N3S. The topological polar surface area (TPSA) is 29.3 Å². The van der Waals surface area contributed by atoms with Gasteiger partial charge in [-0.05, 0) is 32.6 Å². The molecule has 0 amide bonds. The van der Waals surface area contributed by atoms with Gasteiger partial charge in [0.15, 0.2) is 4.96 Å². The summed E-state index contributed by atoms with van der Waals surface area (Å²) in [5.41, 5.74) is 2.48. The number of hydrogen-bond donors (Lipinski definition) is 1. The molecule has 4 heteroatoms. The quantitative estimate of drug-likeness (QED) is 0.916. The van der Waals surface area contributed by atoms with E-state index in [-0.39, 0.29) is 0 Å². The van der Waals surface area contributed by atoms with Crippen LogP contribution in [-0.4, -0.2) is 15.4 Å². The molecule has 1 N–H and O–H groups in total. The third-order valence-corrected chi connectivity index (χ3v) is 5.02. The van der Waals surface area contributed by atoms with Crippen LogP contribution < -0.4 is 5.32 Å². The molecule has 0 unspecified atom stereocenters. The third kappa shape index (κ3) is 2.19. The number of nitrogens with one attached hydrogen (secondary N) is 1. The summed E-state index contributed by atoms with van der Waals surface area (Å²) in [5, 5.41) is 5.80. The first kappa shape index (κ1) is 12.2. The van der Waals surface area contributed by atoms with E-state index in [1.54, 1.807) is 11.3 Å². The number of imidazole rings is 1. The maximum absolute atomic E-state index is 4.59. The Kier molecular flexibility index (Phi) is 3.39. The van der Waals surface area contributed by atoms with Crippen molar-refractivity contribution in [1.82, 2.24) is 14.7 Å². The van der Waals surface area contributed by atoms with Crippen molar-refractivity contribution in [3.63, 3.8) is 0 Å². The lowest BCUT2D eigenvalue weighted by Crippen LogP contribution is -2.32. The van der Waals surface area contributed by atoms with Gasteiger partial charge in [0.05, 0.1) is 11.4 Å². The number of aromatic nitrogens is 2. The van der Waals surface area contributed by atoms with Gasteiger partial charge in [0.25, 0.3) is 0 Å². The second-order valence-electron chi connectivity index (χ2n) is 5.41. The zero-order valence-electron chi connectivity index (χ0n) is 11.1. The molecule has 0 radical (unpaired) electrons. The van der Waals surface area contributed by atoms with Gasteiger partial charge in [0.2, 0.25) is 0 Å². The van der Waals surface area contributed by atoms with Crippen LogP contribution in [0.5, 0.6) is 0 Å². The minimum absolute atomic E-state index is 0.621. The maximum Gasteiger partial charge on any atom is 0.194 e. The first-order valence-corrected chi connectivity index (χ1v) is 7.78. The number of hydrogen-bond acceptors (Lipinski definition) is 3. The second kappa shape index (κ2) is 5.02. The highest BCUT2D eigenvalue weighted by molar-refractivity contribution is 7.15. The summed E-state index contributed by atoms with van der Waals surface area (Å²) in [5.74, 6) is 0.871. The molecule has 0 bridgehead atoms. The van der Waals surface area contributed by atoms with Gasteiger partial charge in [-0.1, -0.05) is 12.8 Å². The van der Waals surface area contributed by atoms with E-state index in [1.807, 2.05) is 0 Å².